The Morgan fingerprint density at radius 1 is 0.966 bits per heavy atom. The SMILES string of the molecule is CNC(=O)C(CCC=O)N1C(=O)c2ccc(N3CC(OCCOCCOCCO)C3)cc2C1=O.Cn1c2ccncc2c2ccc(C3=CPC(OC4CCC4)C=C3)cc21. The molecule has 14 nitrogen and oxygen atoms in total. The molecule has 2 aromatic carbocycles. The summed E-state index contributed by atoms with van der Waals surface area (Å²) in [5.74, 6) is 1.07. The summed E-state index contributed by atoms with van der Waals surface area (Å²) in [6.07, 6.45) is 13.4. The lowest BCUT2D eigenvalue weighted by atomic mass is 9.96. The Morgan fingerprint density at radius 3 is 2.46 bits per heavy atom. The van der Waals surface area contributed by atoms with Crippen LogP contribution in [-0.4, -0.2) is 127 Å². The maximum absolute atomic E-state index is 13.0. The third kappa shape index (κ3) is 9.64. The number of carbonyl (C=O) groups is 4. The predicted octanol–water partition coefficient (Wildman–Crippen LogP) is 4.82. The van der Waals surface area contributed by atoms with Gasteiger partial charge in [-0.05, 0) is 67.2 Å². The van der Waals surface area contributed by atoms with E-state index in [0.29, 0.717) is 67.1 Å². The number of aromatic nitrogens is 2. The topological polar surface area (TPSA) is 162 Å². The highest BCUT2D eigenvalue weighted by atomic mass is 31.1. The quantitative estimate of drug-likeness (QED) is 0.0613. The van der Waals surface area contributed by atoms with Crippen molar-refractivity contribution < 1.29 is 43.2 Å². The molecule has 3 aliphatic heterocycles. The number of aliphatic hydroxyl groups is 1. The lowest BCUT2D eigenvalue weighted by Crippen LogP contribution is -2.52. The number of imide groups is 1. The summed E-state index contributed by atoms with van der Waals surface area (Å²) in [6, 6.07) is 12.8. The molecule has 3 unspecified atom stereocenters. The number of ether oxygens (including phenoxy) is 4. The van der Waals surface area contributed by atoms with Gasteiger partial charge in [0, 0.05) is 68.0 Å². The number of aliphatic hydroxyl groups excluding tert-OH is 1. The van der Waals surface area contributed by atoms with Gasteiger partial charge in [-0.3, -0.25) is 24.3 Å². The fourth-order valence-corrected chi connectivity index (χ4v) is 8.68. The van der Waals surface area contributed by atoms with E-state index in [1.165, 1.54) is 59.3 Å². The first kappa shape index (κ1) is 42.3. The molecule has 0 spiro atoms. The van der Waals surface area contributed by atoms with E-state index in [1.54, 1.807) is 18.2 Å². The second-order valence-electron chi connectivity index (χ2n) is 14.8. The van der Waals surface area contributed by atoms with Crippen molar-refractivity contribution in [2.75, 3.05) is 64.7 Å². The Kier molecular flexibility index (Phi) is 14.3. The molecule has 59 heavy (non-hydrogen) atoms. The Hall–Kier alpha value is -4.82. The molecule has 3 amide bonds. The number of amides is 3. The second kappa shape index (κ2) is 20.0. The molecule has 4 aromatic rings. The first-order valence-electron chi connectivity index (χ1n) is 20.2. The van der Waals surface area contributed by atoms with Crippen molar-refractivity contribution in [3.63, 3.8) is 0 Å². The van der Waals surface area contributed by atoms with E-state index < -0.39 is 23.8 Å². The third-order valence-electron chi connectivity index (χ3n) is 11.1. The van der Waals surface area contributed by atoms with Gasteiger partial charge in [0.1, 0.15) is 12.3 Å². The van der Waals surface area contributed by atoms with Gasteiger partial charge >= 0.3 is 0 Å². The van der Waals surface area contributed by atoms with Crippen molar-refractivity contribution in [3.05, 3.63) is 89.5 Å². The minimum atomic E-state index is -1.03. The number of rotatable bonds is 18. The van der Waals surface area contributed by atoms with Gasteiger partial charge in [0.15, 0.2) is 0 Å². The predicted molar refractivity (Wildman–Crippen MR) is 227 cm³/mol. The zero-order chi connectivity index (χ0) is 41.3. The van der Waals surface area contributed by atoms with Crippen LogP contribution in [0.5, 0.6) is 0 Å². The maximum atomic E-state index is 13.0. The Morgan fingerprint density at radius 2 is 1.75 bits per heavy atom. The van der Waals surface area contributed by atoms with Gasteiger partial charge in [-0.25, -0.2) is 0 Å². The van der Waals surface area contributed by atoms with Crippen LogP contribution in [0, 0.1) is 0 Å². The molecule has 2 N–H and O–H groups in total. The van der Waals surface area contributed by atoms with Gasteiger partial charge in [0.25, 0.3) is 11.8 Å². The fourth-order valence-electron chi connectivity index (χ4n) is 7.59. The first-order chi connectivity index (χ1) is 28.8. The van der Waals surface area contributed by atoms with Gasteiger partial charge in [0.05, 0.1) is 74.3 Å². The highest BCUT2D eigenvalue weighted by Gasteiger charge is 2.43. The molecule has 1 saturated heterocycles. The average Bonchev–Trinajstić information content (AvgIpc) is 3.66. The van der Waals surface area contributed by atoms with E-state index in [1.807, 2.05) is 17.3 Å². The van der Waals surface area contributed by atoms with Crippen LogP contribution >= 0.6 is 8.58 Å². The van der Waals surface area contributed by atoms with Gasteiger partial charge in [0.2, 0.25) is 5.91 Å². The minimum absolute atomic E-state index is 0.00777. The number of carbonyl (C=O) groups excluding carboxylic acids is 4. The van der Waals surface area contributed by atoms with E-state index in [0.717, 1.165) is 10.6 Å². The van der Waals surface area contributed by atoms with E-state index in [-0.39, 0.29) is 42.5 Å². The molecule has 1 aliphatic carbocycles. The molecule has 15 heteroatoms. The van der Waals surface area contributed by atoms with Crippen molar-refractivity contribution in [2.24, 2.45) is 7.05 Å². The van der Waals surface area contributed by atoms with E-state index in [4.69, 9.17) is 24.1 Å². The van der Waals surface area contributed by atoms with E-state index in [9.17, 15) is 19.2 Å². The summed E-state index contributed by atoms with van der Waals surface area (Å²) in [6.45, 7) is 3.34. The summed E-state index contributed by atoms with van der Waals surface area (Å²) in [7, 11) is 4.26. The smallest absolute Gasteiger partial charge is 0.262 e. The van der Waals surface area contributed by atoms with Crippen LogP contribution in [0.1, 0.15) is 58.4 Å². The molecule has 0 bridgehead atoms. The highest BCUT2D eigenvalue weighted by Crippen LogP contribution is 2.38. The van der Waals surface area contributed by atoms with Crippen LogP contribution in [0.4, 0.5) is 5.69 Å². The monoisotopic (exact) mass is 825 g/mol. The number of benzene rings is 2. The fraction of sp³-hybridized carbons (Fsp3) is 0.432. The van der Waals surface area contributed by atoms with Crippen LogP contribution < -0.4 is 10.2 Å². The van der Waals surface area contributed by atoms with Crippen molar-refractivity contribution in [2.45, 2.75) is 56.2 Å². The molecule has 0 radical (unpaired) electrons. The molecule has 2 aromatic heterocycles. The number of aryl methyl sites for hydroxylation is 1. The number of anilines is 1. The Bertz CT molecular complexity index is 2210. The summed E-state index contributed by atoms with van der Waals surface area (Å²) in [5, 5.41) is 13.6. The van der Waals surface area contributed by atoms with Gasteiger partial charge in [-0.1, -0.05) is 38.7 Å². The summed E-state index contributed by atoms with van der Waals surface area (Å²) in [5.41, 5.74) is 6.36. The van der Waals surface area contributed by atoms with Crippen LogP contribution in [0.15, 0.2) is 72.8 Å². The largest absolute Gasteiger partial charge is 0.394 e. The van der Waals surface area contributed by atoms with Crippen molar-refractivity contribution >= 4 is 65.7 Å². The summed E-state index contributed by atoms with van der Waals surface area (Å²) < 4.78 is 24.6. The van der Waals surface area contributed by atoms with Crippen LogP contribution in [0.25, 0.3) is 27.4 Å². The van der Waals surface area contributed by atoms with Gasteiger partial charge < -0.3 is 43.6 Å². The zero-order valence-corrected chi connectivity index (χ0v) is 34.5. The molecule has 1 saturated carbocycles. The number of nitrogens with zero attached hydrogens (tertiary/aromatic N) is 4. The standard InChI is InChI=1S/C23H31N3O8.C21H21N2OP/c1-24-21(29)20(3-2-6-27)26-22(30)18-5-4-16(13-19(18)23(26)31)25-14-17(15-25)34-12-11-33-10-9-32-8-7-28;1-23-19-9-10-22-12-18(19)17-7-5-14(11-20(17)23)15-6-8-21(25-13-15)24-16-3-2-4-16/h4-6,13,17,20,28H,2-3,7-12,14-15H2,1H3,(H,24,29);5-13,16,21,25H,2-4H2,1H3. The molecule has 5 heterocycles. The van der Waals surface area contributed by atoms with Crippen molar-refractivity contribution in [1.29, 1.82) is 0 Å². The van der Waals surface area contributed by atoms with Crippen molar-refractivity contribution in [3.8, 4) is 0 Å². The number of hydrogen-bond donors (Lipinski definition) is 2. The molecule has 4 aliphatic rings. The normalized spacial score (nSPS) is 18.7. The Labute approximate surface area is 345 Å². The summed E-state index contributed by atoms with van der Waals surface area (Å²) >= 11 is 0. The second-order valence-corrected chi connectivity index (χ2v) is 16.0. The van der Waals surface area contributed by atoms with E-state index >= 15 is 0 Å². The minimum Gasteiger partial charge on any atom is -0.394 e. The van der Waals surface area contributed by atoms with Crippen LogP contribution in [0.3, 0.4) is 0 Å². The number of aldehydes is 1. The molecule has 312 valence electrons. The Balaban J connectivity index is 0.000000186. The maximum Gasteiger partial charge on any atom is 0.262 e. The van der Waals surface area contributed by atoms with Crippen LogP contribution in [0.2, 0.25) is 0 Å². The number of fused-ring (bicyclic) bond motifs is 4. The number of nitrogens with one attached hydrogen (secondary N) is 1. The van der Waals surface area contributed by atoms with E-state index in [2.05, 4.69) is 64.2 Å². The highest BCUT2D eigenvalue weighted by molar-refractivity contribution is 7.43. The summed E-state index contributed by atoms with van der Waals surface area (Å²) in [4.78, 5) is 56.2. The van der Waals surface area contributed by atoms with Gasteiger partial charge in [-0.15, -0.1) is 0 Å². The van der Waals surface area contributed by atoms with Crippen molar-refractivity contribution in [1.82, 2.24) is 19.8 Å². The molecular formula is C44H52N5O9P. The molecule has 2 fully saturated rings. The lowest BCUT2D eigenvalue weighted by molar-refractivity contribution is -0.124. The van der Waals surface area contributed by atoms with Crippen LogP contribution in [-0.2, 0) is 35.6 Å². The molecule has 8 rings (SSSR count). The van der Waals surface area contributed by atoms with Gasteiger partial charge in [-0.2, -0.15) is 0 Å². The zero-order valence-electron chi connectivity index (χ0n) is 33.5. The molecular weight excluding hydrogens is 773 g/mol. The lowest BCUT2D eigenvalue weighted by Gasteiger charge is -2.40. The average molecular weight is 826 g/mol. The molecule has 3 atom stereocenters. The number of likely N-dealkylation sites (N-methyl/N-ethyl adjacent to an activating group) is 1. The number of allylic oxidation sites excluding steroid dienone is 2. The third-order valence-corrected chi connectivity index (χ3v) is 12.2. The first-order valence-corrected chi connectivity index (χ1v) is 21.4. The number of pyridine rings is 1. The number of hydrogen-bond acceptors (Lipinski definition) is 11.